The van der Waals surface area contributed by atoms with Crippen LogP contribution in [0, 0.1) is 0 Å². The molecule has 1 aromatic carbocycles. The summed E-state index contributed by atoms with van der Waals surface area (Å²) in [5, 5.41) is 5.89. The average Bonchev–Trinajstić information content (AvgIpc) is 3.15. The topological polar surface area (TPSA) is 92.7 Å². The van der Waals surface area contributed by atoms with E-state index in [1.165, 1.54) is 18.0 Å². The highest BCUT2D eigenvalue weighted by molar-refractivity contribution is 5.93. The molecule has 0 radical (unpaired) electrons. The van der Waals surface area contributed by atoms with Crippen molar-refractivity contribution in [2.45, 2.75) is 25.8 Å². The Balaban J connectivity index is 1.36. The molecule has 1 aliphatic rings. The summed E-state index contributed by atoms with van der Waals surface area (Å²) in [4.78, 5) is 29.4. The molecule has 1 amide bonds. The molecule has 0 unspecified atom stereocenters. The highest BCUT2D eigenvalue weighted by atomic mass is 16.1. The Hall–Kier alpha value is -3.35. The molecule has 0 aliphatic heterocycles. The molecule has 0 bridgehead atoms. The summed E-state index contributed by atoms with van der Waals surface area (Å²) in [6, 6.07) is 9.61. The normalized spacial score (nSPS) is 12.5. The lowest BCUT2D eigenvalue weighted by molar-refractivity contribution is 0.0949. The zero-order valence-electron chi connectivity index (χ0n) is 14.1. The summed E-state index contributed by atoms with van der Waals surface area (Å²) in [6.45, 7) is 0.288. The fraction of sp³-hybridized carbons (Fsp3) is 0.211. The minimum Gasteiger partial charge on any atom is -0.345 e. The lowest BCUT2D eigenvalue weighted by Crippen LogP contribution is -2.24. The van der Waals surface area contributed by atoms with Gasteiger partial charge in [0.25, 0.3) is 5.91 Å². The fourth-order valence-electron chi connectivity index (χ4n) is 2.86. The molecule has 130 valence electrons. The standard InChI is InChI=1S/C19H18N6O/c26-18(21-12-17-20-9-13-5-4-8-16(13)25-17)14-10-22-19(23-11-14)24-15-6-2-1-3-7-15/h1-3,6-7,9-11H,4-5,8,12H2,(H,21,26)(H,22,23,24). The van der Waals surface area contributed by atoms with Gasteiger partial charge in [-0.25, -0.2) is 19.9 Å². The van der Waals surface area contributed by atoms with Crippen LogP contribution >= 0.6 is 0 Å². The van der Waals surface area contributed by atoms with E-state index < -0.39 is 0 Å². The Labute approximate surface area is 151 Å². The zero-order chi connectivity index (χ0) is 17.8. The van der Waals surface area contributed by atoms with Crippen molar-refractivity contribution in [3.8, 4) is 0 Å². The Morgan fingerprint density at radius 3 is 2.62 bits per heavy atom. The summed E-state index contributed by atoms with van der Waals surface area (Å²) in [5.41, 5.74) is 3.60. The maximum Gasteiger partial charge on any atom is 0.254 e. The van der Waals surface area contributed by atoms with E-state index in [4.69, 9.17) is 0 Å². The maximum atomic E-state index is 12.3. The van der Waals surface area contributed by atoms with Crippen molar-refractivity contribution >= 4 is 17.5 Å². The van der Waals surface area contributed by atoms with Crippen molar-refractivity contribution in [1.82, 2.24) is 25.3 Å². The van der Waals surface area contributed by atoms with E-state index in [9.17, 15) is 4.79 Å². The summed E-state index contributed by atoms with van der Waals surface area (Å²) in [7, 11) is 0. The van der Waals surface area contributed by atoms with Gasteiger partial charge in [-0.3, -0.25) is 4.79 Å². The number of amides is 1. The van der Waals surface area contributed by atoms with Gasteiger partial charge in [-0.15, -0.1) is 0 Å². The van der Waals surface area contributed by atoms with Crippen LogP contribution in [0.4, 0.5) is 11.6 Å². The van der Waals surface area contributed by atoms with Gasteiger partial charge >= 0.3 is 0 Å². The van der Waals surface area contributed by atoms with Crippen LogP contribution in [0.15, 0.2) is 48.9 Å². The van der Waals surface area contributed by atoms with Gasteiger partial charge in [0.2, 0.25) is 5.95 Å². The van der Waals surface area contributed by atoms with E-state index >= 15 is 0 Å². The quantitative estimate of drug-likeness (QED) is 0.737. The minimum atomic E-state index is -0.250. The first-order valence-corrected chi connectivity index (χ1v) is 8.54. The van der Waals surface area contributed by atoms with Gasteiger partial charge in [-0.1, -0.05) is 18.2 Å². The number of fused-ring (bicyclic) bond motifs is 1. The number of anilines is 2. The van der Waals surface area contributed by atoms with Crippen molar-refractivity contribution in [2.24, 2.45) is 0 Å². The van der Waals surface area contributed by atoms with E-state index in [2.05, 4.69) is 30.6 Å². The number of aryl methyl sites for hydroxylation is 2. The second-order valence-corrected chi connectivity index (χ2v) is 6.08. The first-order chi connectivity index (χ1) is 12.8. The minimum absolute atomic E-state index is 0.250. The highest BCUT2D eigenvalue weighted by Gasteiger charge is 2.14. The highest BCUT2D eigenvalue weighted by Crippen LogP contribution is 2.18. The molecule has 0 saturated heterocycles. The zero-order valence-corrected chi connectivity index (χ0v) is 14.1. The van der Waals surface area contributed by atoms with Gasteiger partial charge in [-0.2, -0.15) is 0 Å². The van der Waals surface area contributed by atoms with Crippen LogP contribution in [0.3, 0.4) is 0 Å². The molecule has 1 aliphatic carbocycles. The van der Waals surface area contributed by atoms with Crippen LogP contribution in [0.1, 0.15) is 33.9 Å². The molecule has 4 rings (SSSR count). The molecular formula is C19H18N6O. The number of para-hydroxylation sites is 1. The van der Waals surface area contributed by atoms with Crippen LogP contribution < -0.4 is 10.6 Å². The molecule has 0 fully saturated rings. The predicted octanol–water partition coefficient (Wildman–Crippen LogP) is 2.43. The Morgan fingerprint density at radius 2 is 1.81 bits per heavy atom. The average molecular weight is 346 g/mol. The second kappa shape index (κ2) is 7.26. The third-order valence-electron chi connectivity index (χ3n) is 4.21. The van der Waals surface area contributed by atoms with Crippen molar-refractivity contribution in [3.63, 3.8) is 0 Å². The lowest BCUT2D eigenvalue weighted by atomic mass is 10.3. The second-order valence-electron chi connectivity index (χ2n) is 6.08. The largest absolute Gasteiger partial charge is 0.345 e. The Bertz CT molecular complexity index is 911. The van der Waals surface area contributed by atoms with E-state index in [0.29, 0.717) is 17.3 Å². The molecule has 3 aromatic rings. The number of carbonyl (C=O) groups excluding carboxylic acids is 1. The van der Waals surface area contributed by atoms with E-state index in [-0.39, 0.29) is 12.5 Å². The van der Waals surface area contributed by atoms with Crippen molar-refractivity contribution in [3.05, 3.63) is 71.6 Å². The molecule has 26 heavy (non-hydrogen) atoms. The monoisotopic (exact) mass is 346 g/mol. The molecule has 0 saturated carbocycles. The van der Waals surface area contributed by atoms with Crippen LogP contribution in [0.2, 0.25) is 0 Å². The molecule has 7 heteroatoms. The summed E-state index contributed by atoms with van der Waals surface area (Å²) in [5.74, 6) is 0.817. The van der Waals surface area contributed by atoms with Crippen LogP contribution in [-0.4, -0.2) is 25.8 Å². The third-order valence-corrected chi connectivity index (χ3v) is 4.21. The van der Waals surface area contributed by atoms with Gasteiger partial charge in [0, 0.05) is 30.0 Å². The van der Waals surface area contributed by atoms with E-state index in [1.807, 2.05) is 36.5 Å². The van der Waals surface area contributed by atoms with Gasteiger partial charge in [0.1, 0.15) is 5.82 Å². The van der Waals surface area contributed by atoms with E-state index in [0.717, 1.165) is 30.6 Å². The van der Waals surface area contributed by atoms with Crippen LogP contribution in [0.5, 0.6) is 0 Å². The number of benzene rings is 1. The van der Waals surface area contributed by atoms with Gasteiger partial charge in [-0.05, 0) is 37.0 Å². The Morgan fingerprint density at radius 1 is 1.00 bits per heavy atom. The van der Waals surface area contributed by atoms with Crippen molar-refractivity contribution < 1.29 is 4.79 Å². The molecule has 0 spiro atoms. The molecule has 2 N–H and O–H groups in total. The first-order valence-electron chi connectivity index (χ1n) is 8.54. The van der Waals surface area contributed by atoms with Gasteiger partial charge in [0.15, 0.2) is 0 Å². The van der Waals surface area contributed by atoms with Crippen molar-refractivity contribution in [2.75, 3.05) is 5.32 Å². The number of hydrogen-bond donors (Lipinski definition) is 2. The predicted molar refractivity (Wildman–Crippen MR) is 97.0 cm³/mol. The smallest absolute Gasteiger partial charge is 0.254 e. The van der Waals surface area contributed by atoms with Crippen molar-refractivity contribution in [1.29, 1.82) is 0 Å². The SMILES string of the molecule is O=C(NCc1ncc2c(n1)CCC2)c1cnc(Nc2ccccc2)nc1. The summed E-state index contributed by atoms with van der Waals surface area (Å²) in [6.07, 6.45) is 8.02. The van der Waals surface area contributed by atoms with E-state index in [1.54, 1.807) is 0 Å². The lowest BCUT2D eigenvalue weighted by Gasteiger charge is -2.07. The molecular weight excluding hydrogens is 328 g/mol. The van der Waals surface area contributed by atoms with Gasteiger partial charge < -0.3 is 10.6 Å². The number of hydrogen-bond acceptors (Lipinski definition) is 6. The molecule has 7 nitrogen and oxygen atoms in total. The number of carbonyl (C=O) groups is 1. The molecule has 0 atom stereocenters. The third kappa shape index (κ3) is 3.66. The molecule has 2 heterocycles. The summed E-state index contributed by atoms with van der Waals surface area (Å²) >= 11 is 0. The fourth-order valence-corrected chi connectivity index (χ4v) is 2.86. The molecule has 2 aromatic heterocycles. The van der Waals surface area contributed by atoms with Crippen LogP contribution in [0.25, 0.3) is 0 Å². The number of aromatic nitrogens is 4. The van der Waals surface area contributed by atoms with Crippen LogP contribution in [-0.2, 0) is 19.4 Å². The first kappa shape index (κ1) is 16.1. The summed E-state index contributed by atoms with van der Waals surface area (Å²) < 4.78 is 0. The Kier molecular flexibility index (Phi) is 4.51. The van der Waals surface area contributed by atoms with Gasteiger partial charge in [0.05, 0.1) is 12.1 Å². The number of nitrogens with one attached hydrogen (secondary N) is 2. The maximum absolute atomic E-state index is 12.3. The number of rotatable bonds is 5. The number of nitrogens with zero attached hydrogens (tertiary/aromatic N) is 4.